The SMILES string of the molecule is CCC1(c2cccc(C)c2)COCN(C(=O)OC(C)C)N1C(=O)OC(C)C. The molecule has 0 spiro atoms. The molecule has 0 saturated carbocycles. The number of nitrogens with zero attached hydrogens (tertiary/aromatic N) is 2. The van der Waals surface area contributed by atoms with Crippen LogP contribution in [0, 0.1) is 6.92 Å². The van der Waals surface area contributed by atoms with Gasteiger partial charge in [-0.25, -0.2) is 9.59 Å². The molecule has 1 aromatic rings. The van der Waals surface area contributed by atoms with E-state index in [1.807, 2.05) is 38.1 Å². The molecule has 0 aliphatic carbocycles. The number of benzene rings is 1. The maximum Gasteiger partial charge on any atom is 0.431 e. The second-order valence-corrected chi connectivity index (χ2v) is 7.31. The van der Waals surface area contributed by atoms with E-state index in [9.17, 15) is 9.59 Å². The van der Waals surface area contributed by atoms with E-state index in [1.165, 1.54) is 10.0 Å². The third-order valence-corrected chi connectivity index (χ3v) is 4.40. The van der Waals surface area contributed by atoms with Gasteiger partial charge in [-0.2, -0.15) is 10.0 Å². The van der Waals surface area contributed by atoms with E-state index in [0.29, 0.717) is 6.42 Å². The topological polar surface area (TPSA) is 68.3 Å². The van der Waals surface area contributed by atoms with Crippen molar-refractivity contribution >= 4 is 12.2 Å². The maximum atomic E-state index is 13.0. The van der Waals surface area contributed by atoms with E-state index in [1.54, 1.807) is 27.7 Å². The third-order valence-electron chi connectivity index (χ3n) is 4.40. The Morgan fingerprint density at radius 2 is 1.78 bits per heavy atom. The Morgan fingerprint density at radius 3 is 2.33 bits per heavy atom. The fourth-order valence-electron chi connectivity index (χ4n) is 3.17. The summed E-state index contributed by atoms with van der Waals surface area (Å²) >= 11 is 0. The van der Waals surface area contributed by atoms with Crippen LogP contribution in [0.3, 0.4) is 0 Å². The van der Waals surface area contributed by atoms with Gasteiger partial charge in [-0.1, -0.05) is 36.8 Å². The van der Waals surface area contributed by atoms with Gasteiger partial charge in [0.25, 0.3) is 0 Å². The van der Waals surface area contributed by atoms with Crippen molar-refractivity contribution in [3.8, 4) is 0 Å². The van der Waals surface area contributed by atoms with Crippen molar-refractivity contribution < 1.29 is 23.8 Å². The van der Waals surface area contributed by atoms with Crippen molar-refractivity contribution in [1.82, 2.24) is 10.0 Å². The van der Waals surface area contributed by atoms with E-state index in [2.05, 4.69) is 0 Å². The van der Waals surface area contributed by atoms with E-state index >= 15 is 0 Å². The maximum absolute atomic E-state index is 13.0. The lowest BCUT2D eigenvalue weighted by Gasteiger charge is -2.50. The van der Waals surface area contributed by atoms with Gasteiger partial charge in [0.2, 0.25) is 0 Å². The molecule has 150 valence electrons. The van der Waals surface area contributed by atoms with Crippen LogP contribution in [0.5, 0.6) is 0 Å². The highest BCUT2D eigenvalue weighted by Gasteiger charge is 2.50. The van der Waals surface area contributed by atoms with Crippen molar-refractivity contribution in [1.29, 1.82) is 0 Å². The zero-order valence-corrected chi connectivity index (χ0v) is 17.0. The number of hydrogen-bond donors (Lipinski definition) is 0. The molecule has 1 saturated heterocycles. The lowest BCUT2D eigenvalue weighted by Crippen LogP contribution is -2.66. The van der Waals surface area contributed by atoms with E-state index in [4.69, 9.17) is 14.2 Å². The molecule has 7 heteroatoms. The summed E-state index contributed by atoms with van der Waals surface area (Å²) in [4.78, 5) is 25.7. The molecule has 2 rings (SSSR count). The minimum atomic E-state index is -0.869. The zero-order valence-electron chi connectivity index (χ0n) is 17.0. The molecule has 1 unspecified atom stereocenters. The first-order chi connectivity index (χ1) is 12.7. The number of carbonyl (C=O) groups excluding carboxylic acids is 2. The predicted octanol–water partition coefficient (Wildman–Crippen LogP) is 4.20. The van der Waals surface area contributed by atoms with Gasteiger partial charge < -0.3 is 14.2 Å². The molecule has 0 radical (unpaired) electrons. The molecule has 1 heterocycles. The first-order valence-corrected chi connectivity index (χ1v) is 9.35. The summed E-state index contributed by atoms with van der Waals surface area (Å²) in [6.07, 6.45) is -1.35. The molecule has 1 fully saturated rings. The molecule has 2 amide bonds. The number of hydrazine groups is 1. The van der Waals surface area contributed by atoms with Gasteiger partial charge in [0.05, 0.1) is 18.8 Å². The second-order valence-electron chi connectivity index (χ2n) is 7.31. The molecule has 1 aliphatic rings. The molecule has 0 N–H and O–H groups in total. The van der Waals surface area contributed by atoms with Crippen LogP contribution in [0.1, 0.15) is 52.2 Å². The summed E-state index contributed by atoms with van der Waals surface area (Å²) in [5, 5.41) is 2.57. The van der Waals surface area contributed by atoms with Crippen molar-refractivity contribution in [2.75, 3.05) is 13.3 Å². The lowest BCUT2D eigenvalue weighted by atomic mass is 9.86. The average Bonchev–Trinajstić information content (AvgIpc) is 2.59. The quantitative estimate of drug-likeness (QED) is 0.785. The number of aryl methyl sites for hydroxylation is 1. The van der Waals surface area contributed by atoms with Gasteiger partial charge in [0.15, 0.2) is 0 Å². The summed E-state index contributed by atoms with van der Waals surface area (Å²) in [5.74, 6) is 0. The summed E-state index contributed by atoms with van der Waals surface area (Å²) in [7, 11) is 0. The molecular formula is C20H30N2O5. The Labute approximate surface area is 161 Å². The summed E-state index contributed by atoms with van der Waals surface area (Å²) < 4.78 is 16.5. The van der Waals surface area contributed by atoms with Crippen LogP contribution in [0.15, 0.2) is 24.3 Å². The van der Waals surface area contributed by atoms with Crippen molar-refractivity contribution in [3.63, 3.8) is 0 Å². The average molecular weight is 378 g/mol. The molecule has 1 aliphatic heterocycles. The van der Waals surface area contributed by atoms with Gasteiger partial charge in [0.1, 0.15) is 12.3 Å². The van der Waals surface area contributed by atoms with Crippen LogP contribution in [0.4, 0.5) is 9.59 Å². The van der Waals surface area contributed by atoms with Crippen LogP contribution in [0.2, 0.25) is 0 Å². The standard InChI is InChI=1S/C20H30N2O5/c1-7-20(17-10-8-9-16(6)11-17)12-25-13-21(18(23)26-14(2)3)22(20)19(24)27-15(4)5/h8-11,14-15H,7,12-13H2,1-6H3. The highest BCUT2D eigenvalue weighted by molar-refractivity contribution is 5.75. The van der Waals surface area contributed by atoms with Gasteiger partial charge in [-0.3, -0.25) is 0 Å². The van der Waals surface area contributed by atoms with Crippen molar-refractivity contribution in [2.45, 2.75) is 65.7 Å². The lowest BCUT2D eigenvalue weighted by molar-refractivity contribution is -0.202. The van der Waals surface area contributed by atoms with E-state index in [-0.39, 0.29) is 25.5 Å². The first kappa shape index (κ1) is 21.0. The van der Waals surface area contributed by atoms with Crippen LogP contribution in [-0.2, 0) is 19.7 Å². The first-order valence-electron chi connectivity index (χ1n) is 9.35. The van der Waals surface area contributed by atoms with Crippen molar-refractivity contribution in [3.05, 3.63) is 35.4 Å². The Kier molecular flexibility index (Phi) is 6.70. The number of carbonyl (C=O) groups is 2. The van der Waals surface area contributed by atoms with Crippen LogP contribution >= 0.6 is 0 Å². The molecular weight excluding hydrogens is 348 g/mol. The number of rotatable bonds is 4. The van der Waals surface area contributed by atoms with Crippen LogP contribution in [-0.4, -0.2) is 47.7 Å². The van der Waals surface area contributed by atoms with Crippen LogP contribution < -0.4 is 0 Å². The van der Waals surface area contributed by atoms with Gasteiger partial charge in [0, 0.05) is 0 Å². The monoisotopic (exact) mass is 378 g/mol. The van der Waals surface area contributed by atoms with Gasteiger partial charge in [-0.05, 0) is 46.6 Å². The number of hydrogen-bond acceptors (Lipinski definition) is 5. The third kappa shape index (κ3) is 4.53. The molecule has 1 aromatic carbocycles. The Hall–Kier alpha value is -2.28. The van der Waals surface area contributed by atoms with E-state index in [0.717, 1.165) is 11.1 Å². The fraction of sp³-hybridized carbons (Fsp3) is 0.600. The Bertz CT molecular complexity index is 676. The van der Waals surface area contributed by atoms with Crippen molar-refractivity contribution in [2.24, 2.45) is 0 Å². The second kappa shape index (κ2) is 8.61. The summed E-state index contributed by atoms with van der Waals surface area (Å²) in [6.45, 7) is 11.2. The minimum Gasteiger partial charge on any atom is -0.445 e. The highest BCUT2D eigenvalue weighted by Crippen LogP contribution is 2.38. The number of ether oxygens (including phenoxy) is 3. The summed E-state index contributed by atoms with van der Waals surface area (Å²) in [6, 6.07) is 7.85. The van der Waals surface area contributed by atoms with E-state index < -0.39 is 17.7 Å². The Balaban J connectivity index is 2.54. The highest BCUT2D eigenvalue weighted by atomic mass is 16.6. The smallest absolute Gasteiger partial charge is 0.431 e. The molecule has 7 nitrogen and oxygen atoms in total. The molecule has 0 bridgehead atoms. The largest absolute Gasteiger partial charge is 0.445 e. The minimum absolute atomic E-state index is 0.0771. The normalized spacial score (nSPS) is 20.1. The fourth-order valence-corrected chi connectivity index (χ4v) is 3.17. The van der Waals surface area contributed by atoms with Gasteiger partial charge in [-0.15, -0.1) is 0 Å². The van der Waals surface area contributed by atoms with Crippen LogP contribution in [0.25, 0.3) is 0 Å². The zero-order chi connectivity index (χ0) is 20.2. The molecule has 1 atom stereocenters. The summed E-state index contributed by atoms with van der Waals surface area (Å²) in [5.41, 5.74) is 1.07. The predicted molar refractivity (Wildman–Crippen MR) is 101 cm³/mol. The molecule has 0 aromatic heterocycles. The molecule has 27 heavy (non-hydrogen) atoms. The van der Waals surface area contributed by atoms with Gasteiger partial charge >= 0.3 is 12.2 Å². The Morgan fingerprint density at radius 1 is 1.15 bits per heavy atom. The number of amides is 2.